The SMILES string of the molecule is Nc1cccc(OCC2CC(c3ccccc3OCCc3ccccc3)NN2)c1. The molecule has 1 aliphatic heterocycles. The molecule has 1 heterocycles. The first-order chi connectivity index (χ1) is 14.3. The van der Waals surface area contributed by atoms with Crippen molar-refractivity contribution in [2.75, 3.05) is 18.9 Å². The van der Waals surface area contributed by atoms with Crippen LogP contribution < -0.4 is 26.1 Å². The van der Waals surface area contributed by atoms with Gasteiger partial charge >= 0.3 is 0 Å². The van der Waals surface area contributed by atoms with Crippen molar-refractivity contribution in [1.29, 1.82) is 0 Å². The zero-order valence-corrected chi connectivity index (χ0v) is 16.4. The van der Waals surface area contributed by atoms with Gasteiger partial charge in [-0.3, -0.25) is 5.43 Å². The molecule has 150 valence electrons. The number of nitrogens with one attached hydrogen (secondary N) is 2. The number of hydrazine groups is 1. The average molecular weight is 389 g/mol. The fourth-order valence-corrected chi connectivity index (χ4v) is 3.56. The molecule has 0 saturated carbocycles. The third-order valence-corrected chi connectivity index (χ3v) is 5.08. The summed E-state index contributed by atoms with van der Waals surface area (Å²) in [6.45, 7) is 1.23. The second-order valence-corrected chi connectivity index (χ2v) is 7.28. The van der Waals surface area contributed by atoms with E-state index < -0.39 is 0 Å². The Hall–Kier alpha value is -3.02. The standard InChI is InChI=1S/C24H27N3O2/c25-19-9-6-10-21(15-19)29-17-20-16-23(27-26-20)22-11-4-5-12-24(22)28-14-13-18-7-2-1-3-8-18/h1-12,15,20,23,26-27H,13-14,16-17,25H2. The molecule has 5 nitrogen and oxygen atoms in total. The van der Waals surface area contributed by atoms with Crippen molar-refractivity contribution in [3.8, 4) is 11.5 Å². The van der Waals surface area contributed by atoms with E-state index in [-0.39, 0.29) is 12.1 Å². The molecule has 0 amide bonds. The minimum Gasteiger partial charge on any atom is -0.493 e. The number of para-hydroxylation sites is 1. The van der Waals surface area contributed by atoms with Gasteiger partial charge in [-0.25, -0.2) is 5.43 Å². The molecule has 4 rings (SSSR count). The number of rotatable bonds is 8. The van der Waals surface area contributed by atoms with Gasteiger partial charge in [0.2, 0.25) is 0 Å². The molecule has 1 fully saturated rings. The summed E-state index contributed by atoms with van der Waals surface area (Å²) in [6, 6.07) is 26.5. The maximum Gasteiger partial charge on any atom is 0.124 e. The van der Waals surface area contributed by atoms with Gasteiger partial charge in [0.25, 0.3) is 0 Å². The van der Waals surface area contributed by atoms with Crippen LogP contribution in [0.1, 0.15) is 23.6 Å². The summed E-state index contributed by atoms with van der Waals surface area (Å²) in [5.74, 6) is 1.72. The molecule has 2 atom stereocenters. The van der Waals surface area contributed by atoms with E-state index in [1.165, 1.54) is 11.1 Å². The highest BCUT2D eigenvalue weighted by Crippen LogP contribution is 2.30. The molecule has 29 heavy (non-hydrogen) atoms. The molecule has 4 N–H and O–H groups in total. The number of anilines is 1. The Morgan fingerprint density at radius 1 is 0.862 bits per heavy atom. The zero-order chi connectivity index (χ0) is 19.9. The predicted octanol–water partition coefficient (Wildman–Crippen LogP) is 3.88. The Labute approximate surface area is 171 Å². The van der Waals surface area contributed by atoms with Crippen LogP contribution in [-0.2, 0) is 6.42 Å². The molecular formula is C24H27N3O2. The van der Waals surface area contributed by atoms with Gasteiger partial charge in [-0.2, -0.15) is 0 Å². The van der Waals surface area contributed by atoms with E-state index in [9.17, 15) is 0 Å². The molecule has 0 spiro atoms. The molecule has 0 radical (unpaired) electrons. The van der Waals surface area contributed by atoms with Crippen LogP contribution in [0.15, 0.2) is 78.9 Å². The van der Waals surface area contributed by atoms with E-state index in [0.29, 0.717) is 18.9 Å². The zero-order valence-electron chi connectivity index (χ0n) is 16.4. The summed E-state index contributed by atoms with van der Waals surface area (Å²) in [4.78, 5) is 0. The monoisotopic (exact) mass is 389 g/mol. The quantitative estimate of drug-likeness (QED) is 0.510. The second kappa shape index (κ2) is 9.45. The van der Waals surface area contributed by atoms with Crippen LogP contribution in [0.4, 0.5) is 5.69 Å². The Balaban J connectivity index is 1.32. The lowest BCUT2D eigenvalue weighted by atomic mass is 10.0. The molecule has 3 aromatic rings. The molecule has 5 heteroatoms. The third kappa shape index (κ3) is 5.28. The normalized spacial score (nSPS) is 18.5. The summed E-state index contributed by atoms with van der Waals surface area (Å²) in [6.07, 6.45) is 1.81. The number of benzene rings is 3. The number of hydrogen-bond acceptors (Lipinski definition) is 5. The van der Waals surface area contributed by atoms with E-state index in [1.807, 2.05) is 42.5 Å². The Morgan fingerprint density at radius 3 is 2.55 bits per heavy atom. The predicted molar refractivity (Wildman–Crippen MR) is 116 cm³/mol. The topological polar surface area (TPSA) is 68.5 Å². The summed E-state index contributed by atoms with van der Waals surface area (Å²) < 4.78 is 12.0. The highest BCUT2D eigenvalue weighted by molar-refractivity contribution is 5.43. The van der Waals surface area contributed by atoms with Crippen molar-refractivity contribution < 1.29 is 9.47 Å². The number of ether oxygens (including phenoxy) is 2. The van der Waals surface area contributed by atoms with Crippen LogP contribution >= 0.6 is 0 Å². The number of nitrogens with two attached hydrogens (primary N) is 1. The van der Waals surface area contributed by atoms with Crippen LogP contribution in [0.3, 0.4) is 0 Å². The molecule has 3 aromatic carbocycles. The number of hydrogen-bond donors (Lipinski definition) is 3. The molecule has 1 aliphatic rings. The summed E-state index contributed by atoms with van der Waals surface area (Å²) in [5.41, 5.74) is 15.7. The molecule has 0 aliphatic carbocycles. The van der Waals surface area contributed by atoms with Crippen LogP contribution in [-0.4, -0.2) is 19.3 Å². The van der Waals surface area contributed by atoms with Crippen molar-refractivity contribution in [3.63, 3.8) is 0 Å². The lowest BCUT2D eigenvalue weighted by Gasteiger charge is -2.16. The van der Waals surface area contributed by atoms with Gasteiger partial charge in [0.05, 0.1) is 18.7 Å². The van der Waals surface area contributed by atoms with Crippen LogP contribution in [0.5, 0.6) is 11.5 Å². The number of nitrogen functional groups attached to an aromatic ring is 1. The lowest BCUT2D eigenvalue weighted by molar-refractivity contribution is 0.273. The maximum absolute atomic E-state index is 6.12. The highest BCUT2D eigenvalue weighted by Gasteiger charge is 2.27. The van der Waals surface area contributed by atoms with Gasteiger partial charge in [0.15, 0.2) is 0 Å². The van der Waals surface area contributed by atoms with E-state index in [0.717, 1.165) is 24.3 Å². The van der Waals surface area contributed by atoms with Gasteiger partial charge in [-0.15, -0.1) is 0 Å². The van der Waals surface area contributed by atoms with E-state index in [4.69, 9.17) is 15.2 Å². The second-order valence-electron chi connectivity index (χ2n) is 7.28. The van der Waals surface area contributed by atoms with Gasteiger partial charge in [0.1, 0.15) is 18.1 Å². The molecule has 1 saturated heterocycles. The van der Waals surface area contributed by atoms with Gasteiger partial charge in [-0.05, 0) is 30.2 Å². The first kappa shape index (κ1) is 19.3. The van der Waals surface area contributed by atoms with Crippen LogP contribution in [0.2, 0.25) is 0 Å². The highest BCUT2D eigenvalue weighted by atomic mass is 16.5. The first-order valence-electron chi connectivity index (χ1n) is 10.0. The maximum atomic E-state index is 6.12. The fourth-order valence-electron chi connectivity index (χ4n) is 3.56. The van der Waals surface area contributed by atoms with Crippen molar-refractivity contribution in [3.05, 3.63) is 90.0 Å². The van der Waals surface area contributed by atoms with E-state index in [2.05, 4.69) is 47.2 Å². The van der Waals surface area contributed by atoms with E-state index in [1.54, 1.807) is 0 Å². The minimum absolute atomic E-state index is 0.178. The van der Waals surface area contributed by atoms with Crippen molar-refractivity contribution in [2.45, 2.75) is 24.9 Å². The summed E-state index contributed by atoms with van der Waals surface area (Å²) in [5, 5.41) is 0. The minimum atomic E-state index is 0.178. The van der Waals surface area contributed by atoms with Gasteiger partial charge < -0.3 is 15.2 Å². The van der Waals surface area contributed by atoms with Crippen molar-refractivity contribution in [2.24, 2.45) is 0 Å². The van der Waals surface area contributed by atoms with Crippen LogP contribution in [0.25, 0.3) is 0 Å². The third-order valence-electron chi connectivity index (χ3n) is 5.08. The van der Waals surface area contributed by atoms with Gasteiger partial charge in [-0.1, -0.05) is 54.6 Å². The fraction of sp³-hybridized carbons (Fsp3) is 0.250. The molecule has 2 unspecified atom stereocenters. The van der Waals surface area contributed by atoms with Gasteiger partial charge in [0, 0.05) is 23.7 Å². The van der Waals surface area contributed by atoms with Crippen molar-refractivity contribution >= 4 is 5.69 Å². The molecule has 0 bridgehead atoms. The summed E-state index contributed by atoms with van der Waals surface area (Å²) in [7, 11) is 0. The summed E-state index contributed by atoms with van der Waals surface area (Å²) >= 11 is 0. The molecule has 0 aromatic heterocycles. The van der Waals surface area contributed by atoms with Crippen LogP contribution in [0, 0.1) is 0 Å². The molecular weight excluding hydrogens is 362 g/mol. The van der Waals surface area contributed by atoms with E-state index >= 15 is 0 Å². The van der Waals surface area contributed by atoms with Crippen molar-refractivity contribution in [1.82, 2.24) is 10.9 Å². The largest absolute Gasteiger partial charge is 0.493 e. The Kier molecular flexibility index (Phi) is 6.29. The average Bonchev–Trinajstić information content (AvgIpc) is 3.22. The lowest BCUT2D eigenvalue weighted by Crippen LogP contribution is -2.34. The first-order valence-corrected chi connectivity index (χ1v) is 10.0. The Morgan fingerprint density at radius 2 is 1.69 bits per heavy atom. The smallest absolute Gasteiger partial charge is 0.124 e. The Bertz CT molecular complexity index is 917.